The molecule has 1 rings (SSSR count). The molecular weight excluding hydrogens is 277 g/mol. The van der Waals surface area contributed by atoms with Crippen LogP contribution in [0.5, 0.6) is 0 Å². The number of nitrogens with one attached hydrogen (secondary N) is 1. The van der Waals surface area contributed by atoms with Crippen molar-refractivity contribution in [3.05, 3.63) is 0 Å². The van der Waals surface area contributed by atoms with Crippen LogP contribution in [0.4, 0.5) is 13.2 Å². The first-order chi connectivity index (χ1) is 8.93. The van der Waals surface area contributed by atoms with Crippen LogP contribution in [0.2, 0.25) is 0 Å². The summed E-state index contributed by atoms with van der Waals surface area (Å²) in [5, 5.41) is 10.5. The third-order valence-corrected chi connectivity index (χ3v) is 3.08. The van der Waals surface area contributed by atoms with E-state index >= 15 is 0 Å². The number of carboxylic acid groups (broad SMARTS) is 1. The number of nitrogens with zero attached hydrogens (tertiary/aromatic N) is 1. The van der Waals surface area contributed by atoms with E-state index in [1.165, 1.54) is 0 Å². The maximum atomic E-state index is 11.7. The molecule has 0 saturated carbocycles. The monoisotopic (exact) mass is 298 g/mol. The van der Waals surface area contributed by atoms with Crippen molar-refractivity contribution in [3.8, 4) is 0 Å². The highest BCUT2D eigenvalue weighted by molar-refractivity contribution is 5.84. The zero-order valence-electron chi connectivity index (χ0n) is 12.0. The standard InChI is InChI=1S/C10H20N2O.C2HF3O2/c1-5-6-7-8-9(13)12(4)10(2,3)11-8;3-2(4,5)1(6)7/h8,11H,5-7H2,1-4H3;(H,6,7)/t8-;/m0./s1. The van der Waals surface area contributed by atoms with Crippen molar-refractivity contribution in [3.63, 3.8) is 0 Å². The maximum Gasteiger partial charge on any atom is 0.490 e. The van der Waals surface area contributed by atoms with Gasteiger partial charge < -0.3 is 10.0 Å². The van der Waals surface area contributed by atoms with Gasteiger partial charge in [0.1, 0.15) is 0 Å². The Morgan fingerprint density at radius 2 is 1.90 bits per heavy atom. The van der Waals surface area contributed by atoms with Crippen molar-refractivity contribution in [1.82, 2.24) is 10.2 Å². The molecule has 2 N–H and O–H groups in total. The quantitative estimate of drug-likeness (QED) is 0.836. The zero-order chi connectivity index (χ0) is 16.1. The van der Waals surface area contributed by atoms with Crippen molar-refractivity contribution >= 4 is 11.9 Å². The molecule has 1 heterocycles. The molecule has 118 valence electrons. The molecule has 0 aromatic rings. The Morgan fingerprint density at radius 1 is 1.45 bits per heavy atom. The van der Waals surface area contributed by atoms with Gasteiger partial charge in [0.2, 0.25) is 5.91 Å². The van der Waals surface area contributed by atoms with E-state index in [0.29, 0.717) is 0 Å². The van der Waals surface area contributed by atoms with Crippen LogP contribution in [0, 0.1) is 0 Å². The highest BCUT2D eigenvalue weighted by Gasteiger charge is 2.41. The molecule has 5 nitrogen and oxygen atoms in total. The second-order valence-corrected chi connectivity index (χ2v) is 5.10. The van der Waals surface area contributed by atoms with E-state index in [2.05, 4.69) is 12.2 Å². The molecule has 0 bridgehead atoms. The first-order valence-electron chi connectivity index (χ1n) is 6.29. The Labute approximate surface area is 116 Å². The highest BCUT2D eigenvalue weighted by Crippen LogP contribution is 2.21. The van der Waals surface area contributed by atoms with E-state index in [-0.39, 0.29) is 17.6 Å². The second-order valence-electron chi connectivity index (χ2n) is 5.10. The second kappa shape index (κ2) is 6.92. The van der Waals surface area contributed by atoms with Crippen LogP contribution in [0.1, 0.15) is 40.0 Å². The molecular formula is C12H21F3N2O3. The van der Waals surface area contributed by atoms with Crippen molar-refractivity contribution in [1.29, 1.82) is 0 Å². The third-order valence-electron chi connectivity index (χ3n) is 3.08. The van der Waals surface area contributed by atoms with Crippen LogP contribution in [0.25, 0.3) is 0 Å². The molecule has 1 atom stereocenters. The molecule has 0 aromatic carbocycles. The summed E-state index contributed by atoms with van der Waals surface area (Å²) in [5.41, 5.74) is -0.171. The Bertz CT molecular complexity index is 356. The fourth-order valence-corrected chi connectivity index (χ4v) is 1.70. The summed E-state index contributed by atoms with van der Waals surface area (Å²) in [6.45, 7) is 6.22. The van der Waals surface area contributed by atoms with E-state index in [9.17, 15) is 18.0 Å². The summed E-state index contributed by atoms with van der Waals surface area (Å²) in [4.78, 5) is 22.4. The van der Waals surface area contributed by atoms with Crippen LogP contribution in [0.15, 0.2) is 0 Å². The van der Waals surface area contributed by atoms with E-state index in [1.54, 1.807) is 4.90 Å². The van der Waals surface area contributed by atoms with Crippen molar-refractivity contribution in [2.24, 2.45) is 0 Å². The molecule has 0 aromatic heterocycles. The first kappa shape index (κ1) is 18.7. The number of carbonyl (C=O) groups is 2. The van der Waals surface area contributed by atoms with Gasteiger partial charge in [-0.15, -0.1) is 0 Å². The average Bonchev–Trinajstić information content (AvgIpc) is 2.50. The van der Waals surface area contributed by atoms with Gasteiger partial charge >= 0.3 is 12.1 Å². The minimum absolute atomic E-state index is 0.0416. The lowest BCUT2D eigenvalue weighted by atomic mass is 10.1. The van der Waals surface area contributed by atoms with Gasteiger partial charge in [-0.25, -0.2) is 4.79 Å². The lowest BCUT2D eigenvalue weighted by molar-refractivity contribution is -0.192. The molecule has 0 unspecified atom stereocenters. The van der Waals surface area contributed by atoms with Gasteiger partial charge in [-0.3, -0.25) is 10.1 Å². The van der Waals surface area contributed by atoms with E-state index in [4.69, 9.17) is 9.90 Å². The summed E-state index contributed by atoms with van der Waals surface area (Å²) in [7, 11) is 1.86. The SMILES string of the molecule is CCCC[C@@H]1NC(C)(C)N(C)C1=O.O=C(O)C(F)(F)F. The van der Waals surface area contributed by atoms with E-state index in [0.717, 1.165) is 19.3 Å². The summed E-state index contributed by atoms with van der Waals surface area (Å²) < 4.78 is 31.7. The number of unbranched alkanes of at least 4 members (excludes halogenated alkanes) is 1. The summed E-state index contributed by atoms with van der Waals surface area (Å²) in [6, 6.07) is 0.0416. The molecule has 1 aliphatic heterocycles. The molecule has 8 heteroatoms. The molecule has 1 saturated heterocycles. The van der Waals surface area contributed by atoms with Gasteiger partial charge in [0.05, 0.1) is 11.7 Å². The van der Waals surface area contributed by atoms with Gasteiger partial charge in [0.15, 0.2) is 0 Å². The number of likely N-dealkylation sites (N-methyl/N-ethyl adjacent to an activating group) is 1. The Kier molecular flexibility index (Phi) is 6.46. The van der Waals surface area contributed by atoms with Gasteiger partial charge in [0, 0.05) is 7.05 Å². The van der Waals surface area contributed by atoms with Gasteiger partial charge in [-0.2, -0.15) is 13.2 Å². The lowest BCUT2D eigenvalue weighted by Gasteiger charge is -2.27. The number of rotatable bonds is 3. The van der Waals surface area contributed by atoms with Crippen LogP contribution < -0.4 is 5.32 Å². The molecule has 1 fully saturated rings. The van der Waals surface area contributed by atoms with Crippen molar-refractivity contribution in [2.45, 2.75) is 57.9 Å². The fraction of sp³-hybridized carbons (Fsp3) is 0.833. The van der Waals surface area contributed by atoms with Gasteiger partial charge in [-0.05, 0) is 20.3 Å². The van der Waals surface area contributed by atoms with Crippen molar-refractivity contribution < 1.29 is 27.9 Å². The summed E-state index contributed by atoms with van der Waals surface area (Å²) in [5.74, 6) is -2.52. The molecule has 0 radical (unpaired) electrons. The number of alkyl halides is 3. The summed E-state index contributed by atoms with van der Waals surface area (Å²) in [6.07, 6.45) is -1.86. The summed E-state index contributed by atoms with van der Waals surface area (Å²) >= 11 is 0. The molecule has 1 amide bonds. The zero-order valence-corrected chi connectivity index (χ0v) is 12.0. The fourth-order valence-electron chi connectivity index (χ4n) is 1.70. The van der Waals surface area contributed by atoms with Crippen LogP contribution >= 0.6 is 0 Å². The van der Waals surface area contributed by atoms with E-state index < -0.39 is 12.1 Å². The predicted molar refractivity (Wildman–Crippen MR) is 67.0 cm³/mol. The maximum absolute atomic E-state index is 11.7. The predicted octanol–water partition coefficient (Wildman–Crippen LogP) is 1.98. The highest BCUT2D eigenvalue weighted by atomic mass is 19.4. The topological polar surface area (TPSA) is 69.6 Å². The number of hydrogen-bond acceptors (Lipinski definition) is 3. The van der Waals surface area contributed by atoms with Gasteiger partial charge in [-0.1, -0.05) is 19.8 Å². The largest absolute Gasteiger partial charge is 0.490 e. The minimum atomic E-state index is -5.08. The molecule has 0 spiro atoms. The Hall–Kier alpha value is -1.31. The number of amides is 1. The van der Waals surface area contributed by atoms with Crippen molar-refractivity contribution in [2.75, 3.05) is 7.05 Å². The Morgan fingerprint density at radius 3 is 2.15 bits per heavy atom. The first-order valence-corrected chi connectivity index (χ1v) is 6.29. The lowest BCUT2D eigenvalue weighted by Crippen LogP contribution is -2.45. The molecule has 0 aliphatic carbocycles. The number of halogens is 3. The minimum Gasteiger partial charge on any atom is -0.475 e. The van der Waals surface area contributed by atoms with E-state index in [1.807, 2.05) is 20.9 Å². The van der Waals surface area contributed by atoms with Crippen LogP contribution in [-0.2, 0) is 9.59 Å². The van der Waals surface area contributed by atoms with Crippen LogP contribution in [0.3, 0.4) is 0 Å². The van der Waals surface area contributed by atoms with Crippen LogP contribution in [-0.4, -0.2) is 46.8 Å². The third kappa shape index (κ3) is 5.36. The molecule has 20 heavy (non-hydrogen) atoms. The number of carboxylic acids is 1. The number of hydrogen-bond donors (Lipinski definition) is 2. The average molecular weight is 298 g/mol. The Balaban J connectivity index is 0.000000441. The number of carbonyl (C=O) groups excluding carboxylic acids is 1. The normalized spacial score (nSPS) is 21.4. The van der Waals surface area contributed by atoms with Gasteiger partial charge in [0.25, 0.3) is 0 Å². The molecule has 1 aliphatic rings. The smallest absolute Gasteiger partial charge is 0.475 e. The number of aliphatic carboxylic acids is 1.